The molecule has 0 saturated carbocycles. The summed E-state index contributed by atoms with van der Waals surface area (Å²) in [5, 5.41) is 11.2. The Morgan fingerprint density at radius 2 is 1.53 bits per heavy atom. The lowest BCUT2D eigenvalue weighted by Crippen LogP contribution is -2.22. The number of fused-ring (bicyclic) bond motifs is 2. The monoisotopic (exact) mass is 401 g/mol. The van der Waals surface area contributed by atoms with Gasteiger partial charge in [0.2, 0.25) is 0 Å². The van der Waals surface area contributed by atoms with Crippen LogP contribution in [0.15, 0.2) is 60.7 Å². The number of rotatable bonds is 6. The second kappa shape index (κ2) is 7.91. The Balaban J connectivity index is 1.56. The molecule has 3 aromatic carbocycles. The van der Waals surface area contributed by atoms with Crippen molar-refractivity contribution < 1.29 is 19.2 Å². The molecule has 6 heteroatoms. The Morgan fingerprint density at radius 1 is 0.867 bits per heavy atom. The lowest BCUT2D eigenvalue weighted by Gasteiger charge is -2.21. The van der Waals surface area contributed by atoms with Crippen molar-refractivity contribution in [1.82, 2.24) is 0 Å². The quantitative estimate of drug-likeness (QED) is 0.266. The lowest BCUT2D eigenvalue weighted by molar-refractivity contribution is -0.385. The maximum Gasteiger partial charge on any atom is 0.272 e. The van der Waals surface area contributed by atoms with Gasteiger partial charge >= 0.3 is 0 Å². The van der Waals surface area contributed by atoms with E-state index in [0.29, 0.717) is 46.4 Å². The number of carbonyl (C=O) groups excluding carboxylic acids is 2. The van der Waals surface area contributed by atoms with Crippen LogP contribution in [-0.2, 0) is 6.42 Å². The first-order chi connectivity index (χ1) is 14.5. The molecule has 0 fully saturated rings. The first-order valence-corrected chi connectivity index (χ1v) is 9.66. The van der Waals surface area contributed by atoms with Crippen LogP contribution in [0.1, 0.15) is 49.4 Å². The maximum atomic E-state index is 13.1. The van der Waals surface area contributed by atoms with E-state index < -0.39 is 4.92 Å². The van der Waals surface area contributed by atoms with Gasteiger partial charge in [0.05, 0.1) is 17.1 Å². The van der Waals surface area contributed by atoms with Gasteiger partial charge in [-0.1, -0.05) is 48.5 Å². The van der Waals surface area contributed by atoms with Crippen LogP contribution in [-0.4, -0.2) is 23.1 Å². The zero-order chi connectivity index (χ0) is 21.3. The number of hydrogen-bond acceptors (Lipinski definition) is 5. The molecule has 4 rings (SSSR count). The number of ketones is 2. The van der Waals surface area contributed by atoms with Crippen molar-refractivity contribution in [2.24, 2.45) is 0 Å². The Labute approximate surface area is 173 Å². The summed E-state index contributed by atoms with van der Waals surface area (Å²) in [6.45, 7) is 2.10. The molecule has 30 heavy (non-hydrogen) atoms. The minimum atomic E-state index is -0.393. The number of ether oxygens (including phenoxy) is 1. The third-order valence-corrected chi connectivity index (χ3v) is 5.27. The van der Waals surface area contributed by atoms with Gasteiger partial charge in [-0.2, -0.15) is 0 Å². The summed E-state index contributed by atoms with van der Waals surface area (Å²) in [4.78, 5) is 36.7. The van der Waals surface area contributed by atoms with Crippen LogP contribution in [0.5, 0.6) is 5.75 Å². The molecule has 0 spiro atoms. The molecule has 0 N–H and O–H groups in total. The SMILES string of the molecule is Cc1ccc2c(c1OCCCc1ccccc1[N+](=O)[O-])C(=O)c1ccccc1C2=O. The smallest absolute Gasteiger partial charge is 0.272 e. The van der Waals surface area contributed by atoms with Gasteiger partial charge < -0.3 is 4.74 Å². The van der Waals surface area contributed by atoms with E-state index >= 15 is 0 Å². The fraction of sp³-hybridized carbons (Fsp3) is 0.167. The molecule has 0 radical (unpaired) electrons. The van der Waals surface area contributed by atoms with Crippen molar-refractivity contribution in [2.45, 2.75) is 19.8 Å². The van der Waals surface area contributed by atoms with Gasteiger partial charge in [-0.15, -0.1) is 0 Å². The Hall–Kier alpha value is -3.80. The van der Waals surface area contributed by atoms with E-state index in [2.05, 4.69) is 0 Å². The third kappa shape index (κ3) is 3.37. The van der Waals surface area contributed by atoms with Crippen LogP contribution >= 0.6 is 0 Å². The summed E-state index contributed by atoms with van der Waals surface area (Å²) in [6.07, 6.45) is 1.01. The minimum Gasteiger partial charge on any atom is -0.493 e. The highest BCUT2D eigenvalue weighted by molar-refractivity contribution is 6.29. The molecule has 0 amide bonds. The highest BCUT2D eigenvalue weighted by atomic mass is 16.6. The molecule has 0 heterocycles. The van der Waals surface area contributed by atoms with Gasteiger partial charge in [-0.05, 0) is 31.4 Å². The normalized spacial score (nSPS) is 12.3. The van der Waals surface area contributed by atoms with Crippen LogP contribution in [0, 0.1) is 17.0 Å². The number of carbonyl (C=O) groups is 2. The molecule has 150 valence electrons. The lowest BCUT2D eigenvalue weighted by atomic mass is 9.83. The zero-order valence-electron chi connectivity index (χ0n) is 16.4. The third-order valence-electron chi connectivity index (χ3n) is 5.27. The van der Waals surface area contributed by atoms with Crippen LogP contribution in [0.3, 0.4) is 0 Å². The predicted molar refractivity (Wildman–Crippen MR) is 111 cm³/mol. The Morgan fingerprint density at radius 3 is 2.27 bits per heavy atom. The topological polar surface area (TPSA) is 86.5 Å². The van der Waals surface area contributed by atoms with Gasteiger partial charge in [0, 0.05) is 28.3 Å². The van der Waals surface area contributed by atoms with E-state index in [9.17, 15) is 19.7 Å². The summed E-state index contributed by atoms with van der Waals surface area (Å²) >= 11 is 0. The summed E-state index contributed by atoms with van der Waals surface area (Å²) < 4.78 is 5.95. The van der Waals surface area contributed by atoms with Crippen molar-refractivity contribution >= 4 is 17.3 Å². The molecule has 0 bridgehead atoms. The fourth-order valence-corrected chi connectivity index (χ4v) is 3.78. The number of benzene rings is 3. The van der Waals surface area contributed by atoms with Crippen LogP contribution in [0.2, 0.25) is 0 Å². The summed E-state index contributed by atoms with van der Waals surface area (Å²) in [6, 6.07) is 16.8. The van der Waals surface area contributed by atoms with Gasteiger partial charge in [-0.3, -0.25) is 19.7 Å². The first kappa shape index (κ1) is 19.5. The van der Waals surface area contributed by atoms with Crippen molar-refractivity contribution in [3.8, 4) is 5.75 Å². The average Bonchev–Trinajstić information content (AvgIpc) is 2.76. The van der Waals surface area contributed by atoms with Crippen LogP contribution in [0.4, 0.5) is 5.69 Å². The van der Waals surface area contributed by atoms with Crippen molar-refractivity contribution in [1.29, 1.82) is 0 Å². The van der Waals surface area contributed by atoms with E-state index in [1.807, 2.05) is 6.92 Å². The molecule has 0 atom stereocenters. The number of hydrogen-bond donors (Lipinski definition) is 0. The molecule has 0 unspecified atom stereocenters. The highest BCUT2D eigenvalue weighted by Gasteiger charge is 2.32. The molecule has 6 nitrogen and oxygen atoms in total. The number of nitro groups is 1. The molecule has 3 aromatic rings. The minimum absolute atomic E-state index is 0.0863. The second-order valence-electron chi connectivity index (χ2n) is 7.18. The Kier molecular flexibility index (Phi) is 5.14. The highest BCUT2D eigenvalue weighted by Crippen LogP contribution is 2.35. The van der Waals surface area contributed by atoms with Crippen LogP contribution in [0.25, 0.3) is 0 Å². The molecule has 0 aliphatic heterocycles. The van der Waals surface area contributed by atoms with E-state index in [-0.39, 0.29) is 23.9 Å². The summed E-state index contributed by atoms with van der Waals surface area (Å²) in [5.41, 5.74) is 2.91. The van der Waals surface area contributed by atoms with Crippen molar-refractivity contribution in [3.05, 3.63) is 104 Å². The molecule has 0 aromatic heterocycles. The molecular formula is C24H19NO5. The fourth-order valence-electron chi connectivity index (χ4n) is 3.78. The van der Waals surface area contributed by atoms with E-state index in [1.54, 1.807) is 54.6 Å². The molecule has 0 saturated heterocycles. The molecular weight excluding hydrogens is 382 g/mol. The summed E-state index contributed by atoms with van der Waals surface area (Å²) in [7, 11) is 0. The van der Waals surface area contributed by atoms with Crippen molar-refractivity contribution in [2.75, 3.05) is 6.61 Å². The van der Waals surface area contributed by atoms with Gasteiger partial charge in [0.1, 0.15) is 5.75 Å². The van der Waals surface area contributed by atoms with Crippen LogP contribution < -0.4 is 4.74 Å². The van der Waals surface area contributed by atoms with E-state index in [0.717, 1.165) is 5.56 Å². The van der Waals surface area contributed by atoms with Crippen molar-refractivity contribution in [3.63, 3.8) is 0 Å². The number of nitrogens with zero attached hydrogens (tertiary/aromatic N) is 1. The largest absolute Gasteiger partial charge is 0.493 e. The predicted octanol–water partition coefficient (Wildman–Crippen LogP) is 4.69. The van der Waals surface area contributed by atoms with Gasteiger partial charge in [0.15, 0.2) is 11.6 Å². The molecule has 1 aliphatic carbocycles. The van der Waals surface area contributed by atoms with Gasteiger partial charge in [-0.25, -0.2) is 0 Å². The standard InChI is InChI=1S/C24H19NO5/c1-15-12-13-19-21(23(27)18-10-4-3-9-17(18)22(19)26)24(15)30-14-6-8-16-7-2-5-11-20(16)25(28)29/h2-5,7,9-13H,6,8,14H2,1H3. The summed E-state index contributed by atoms with van der Waals surface area (Å²) in [5.74, 6) is -0.00882. The van der Waals surface area contributed by atoms with E-state index in [1.165, 1.54) is 6.07 Å². The van der Waals surface area contributed by atoms with Gasteiger partial charge in [0.25, 0.3) is 5.69 Å². The average molecular weight is 401 g/mol. The second-order valence-corrected chi connectivity index (χ2v) is 7.18. The number of aryl methyl sites for hydroxylation is 2. The maximum absolute atomic E-state index is 13.1. The first-order valence-electron chi connectivity index (χ1n) is 9.66. The number of nitro benzene ring substituents is 1. The number of para-hydroxylation sites is 1. The Bertz CT molecular complexity index is 1180. The zero-order valence-corrected chi connectivity index (χ0v) is 16.4. The van der Waals surface area contributed by atoms with E-state index in [4.69, 9.17) is 4.74 Å². The molecule has 1 aliphatic rings.